The number of carbonyl (C=O) groups is 2. The van der Waals surface area contributed by atoms with Gasteiger partial charge in [0.1, 0.15) is 23.3 Å². The number of hydrogen-bond donors (Lipinski definition) is 2. The van der Waals surface area contributed by atoms with E-state index in [4.69, 9.17) is 15.2 Å². The maximum absolute atomic E-state index is 12.7. The van der Waals surface area contributed by atoms with Crippen LogP contribution in [0, 0.1) is 0 Å². The SMILES string of the molecule is COc1ccc(N2CCN(CC(=O)Nc3ccc(Oc4cccnc4)cc3)C(C(N)=O)C2)cc1. The summed E-state index contributed by atoms with van der Waals surface area (Å²) in [6.45, 7) is 1.68. The summed E-state index contributed by atoms with van der Waals surface area (Å²) in [7, 11) is 1.62. The van der Waals surface area contributed by atoms with E-state index in [1.165, 1.54) is 0 Å². The third-order valence-electron chi connectivity index (χ3n) is 5.61. The van der Waals surface area contributed by atoms with Crippen LogP contribution in [-0.2, 0) is 9.59 Å². The Balaban J connectivity index is 1.33. The van der Waals surface area contributed by atoms with Gasteiger partial charge in [0.05, 0.1) is 19.9 Å². The fourth-order valence-electron chi connectivity index (χ4n) is 3.84. The van der Waals surface area contributed by atoms with E-state index >= 15 is 0 Å². The van der Waals surface area contributed by atoms with Gasteiger partial charge in [0.25, 0.3) is 0 Å². The number of carbonyl (C=O) groups excluding carboxylic acids is 2. The number of ether oxygens (including phenoxy) is 2. The van der Waals surface area contributed by atoms with Crippen LogP contribution in [0.3, 0.4) is 0 Å². The van der Waals surface area contributed by atoms with Gasteiger partial charge in [-0.25, -0.2) is 0 Å². The predicted octanol–water partition coefficient (Wildman–Crippen LogP) is 2.50. The number of methoxy groups -OCH3 is 1. The molecule has 1 aliphatic heterocycles. The van der Waals surface area contributed by atoms with Crippen molar-refractivity contribution in [3.05, 3.63) is 73.1 Å². The van der Waals surface area contributed by atoms with Crippen LogP contribution < -0.4 is 25.4 Å². The van der Waals surface area contributed by atoms with Crippen LogP contribution in [0.1, 0.15) is 0 Å². The molecule has 2 heterocycles. The number of pyridine rings is 1. The van der Waals surface area contributed by atoms with Crippen LogP contribution in [0.4, 0.5) is 11.4 Å². The summed E-state index contributed by atoms with van der Waals surface area (Å²) in [4.78, 5) is 32.7. The van der Waals surface area contributed by atoms with E-state index in [1.807, 2.05) is 35.2 Å². The number of piperazine rings is 1. The van der Waals surface area contributed by atoms with Gasteiger partial charge in [0.2, 0.25) is 11.8 Å². The molecule has 4 rings (SSSR count). The minimum atomic E-state index is -0.572. The number of benzene rings is 2. The Hall–Kier alpha value is -4.11. The lowest BCUT2D eigenvalue weighted by Crippen LogP contribution is -2.59. The Morgan fingerprint density at radius 2 is 1.76 bits per heavy atom. The molecule has 1 aliphatic rings. The molecule has 0 spiro atoms. The first-order valence-corrected chi connectivity index (χ1v) is 10.9. The standard InChI is InChI=1S/C25H27N5O4/c1-33-20-10-6-19(7-11-20)29-13-14-30(23(16-29)25(26)32)17-24(31)28-18-4-8-21(9-5-18)34-22-3-2-12-27-15-22/h2-12,15,23H,13-14,16-17H2,1H3,(H2,26,32)(H,28,31). The van der Waals surface area contributed by atoms with Crippen LogP contribution in [0.25, 0.3) is 0 Å². The predicted molar refractivity (Wildman–Crippen MR) is 129 cm³/mol. The molecule has 0 bridgehead atoms. The molecule has 34 heavy (non-hydrogen) atoms. The number of primary amides is 1. The van der Waals surface area contributed by atoms with E-state index in [-0.39, 0.29) is 12.5 Å². The number of nitrogens with zero attached hydrogens (tertiary/aromatic N) is 3. The van der Waals surface area contributed by atoms with Gasteiger partial charge in [-0.05, 0) is 60.7 Å². The van der Waals surface area contributed by atoms with Gasteiger partial charge in [-0.1, -0.05) is 0 Å². The van der Waals surface area contributed by atoms with Crippen molar-refractivity contribution >= 4 is 23.2 Å². The number of nitrogens with one attached hydrogen (secondary N) is 1. The van der Waals surface area contributed by atoms with Crippen LogP contribution in [0.5, 0.6) is 17.2 Å². The Bertz CT molecular complexity index is 1110. The second kappa shape index (κ2) is 10.7. The molecule has 2 aromatic carbocycles. The lowest BCUT2D eigenvalue weighted by Gasteiger charge is -2.40. The van der Waals surface area contributed by atoms with E-state index in [0.29, 0.717) is 36.8 Å². The molecule has 9 nitrogen and oxygen atoms in total. The molecule has 3 N–H and O–H groups in total. The molecule has 1 fully saturated rings. The molecule has 0 aliphatic carbocycles. The van der Waals surface area contributed by atoms with Gasteiger partial charge >= 0.3 is 0 Å². The van der Waals surface area contributed by atoms with Crippen molar-refractivity contribution < 1.29 is 19.1 Å². The fourth-order valence-corrected chi connectivity index (χ4v) is 3.84. The summed E-state index contributed by atoms with van der Waals surface area (Å²) < 4.78 is 10.9. The number of anilines is 2. The summed E-state index contributed by atoms with van der Waals surface area (Å²) in [5.74, 6) is 1.36. The van der Waals surface area contributed by atoms with Crippen molar-refractivity contribution in [2.75, 3.05) is 43.5 Å². The molecule has 9 heteroatoms. The molecule has 1 unspecified atom stereocenters. The molecule has 3 aromatic rings. The molecule has 1 atom stereocenters. The fraction of sp³-hybridized carbons (Fsp3) is 0.240. The third kappa shape index (κ3) is 5.81. The third-order valence-corrected chi connectivity index (χ3v) is 5.61. The lowest BCUT2D eigenvalue weighted by molar-refractivity contribution is -0.125. The minimum Gasteiger partial charge on any atom is -0.497 e. The molecule has 1 aromatic heterocycles. The van der Waals surface area contributed by atoms with Crippen LogP contribution in [0.2, 0.25) is 0 Å². The minimum absolute atomic E-state index is 0.0675. The summed E-state index contributed by atoms with van der Waals surface area (Å²) in [6.07, 6.45) is 3.30. The number of aromatic nitrogens is 1. The van der Waals surface area contributed by atoms with E-state index < -0.39 is 11.9 Å². The lowest BCUT2D eigenvalue weighted by atomic mass is 10.1. The molecule has 1 saturated heterocycles. The summed E-state index contributed by atoms with van der Waals surface area (Å²) in [5, 5.41) is 2.87. The smallest absolute Gasteiger partial charge is 0.238 e. The van der Waals surface area contributed by atoms with Gasteiger partial charge in [0.15, 0.2) is 0 Å². The van der Waals surface area contributed by atoms with Crippen LogP contribution >= 0.6 is 0 Å². The summed E-state index contributed by atoms with van der Waals surface area (Å²) >= 11 is 0. The Morgan fingerprint density at radius 1 is 1.03 bits per heavy atom. The molecule has 176 valence electrons. The number of amides is 2. The van der Waals surface area contributed by atoms with Crippen molar-refractivity contribution in [3.63, 3.8) is 0 Å². The molecular weight excluding hydrogens is 434 g/mol. The quantitative estimate of drug-likeness (QED) is 0.530. The van der Waals surface area contributed by atoms with Crippen molar-refractivity contribution in [1.82, 2.24) is 9.88 Å². The monoisotopic (exact) mass is 461 g/mol. The molecule has 2 amide bonds. The normalized spacial score (nSPS) is 16.0. The van der Waals surface area contributed by atoms with Crippen LogP contribution in [-0.4, -0.2) is 61.0 Å². The first kappa shape index (κ1) is 23.1. The first-order chi connectivity index (χ1) is 16.5. The number of hydrogen-bond acceptors (Lipinski definition) is 7. The maximum atomic E-state index is 12.7. The van der Waals surface area contributed by atoms with Crippen molar-refractivity contribution in [3.8, 4) is 17.2 Å². The summed E-state index contributed by atoms with van der Waals surface area (Å²) in [6, 6.07) is 17.7. The van der Waals surface area contributed by atoms with Crippen molar-refractivity contribution in [2.45, 2.75) is 6.04 Å². The number of rotatable bonds is 8. The largest absolute Gasteiger partial charge is 0.497 e. The van der Waals surface area contributed by atoms with Gasteiger partial charge in [0, 0.05) is 37.2 Å². The van der Waals surface area contributed by atoms with E-state index in [2.05, 4.69) is 15.2 Å². The first-order valence-electron chi connectivity index (χ1n) is 10.9. The van der Waals surface area contributed by atoms with Crippen molar-refractivity contribution in [2.24, 2.45) is 5.73 Å². The van der Waals surface area contributed by atoms with Crippen molar-refractivity contribution in [1.29, 1.82) is 0 Å². The molecule has 0 radical (unpaired) electrons. The highest BCUT2D eigenvalue weighted by Crippen LogP contribution is 2.24. The van der Waals surface area contributed by atoms with E-state index in [9.17, 15) is 9.59 Å². The molecule has 0 saturated carbocycles. The Kier molecular flexibility index (Phi) is 7.24. The average molecular weight is 462 g/mol. The highest BCUT2D eigenvalue weighted by Gasteiger charge is 2.32. The highest BCUT2D eigenvalue weighted by molar-refractivity contribution is 5.93. The second-order valence-electron chi connectivity index (χ2n) is 7.90. The molecular formula is C25H27N5O4. The summed E-state index contributed by atoms with van der Waals surface area (Å²) in [5.41, 5.74) is 7.29. The van der Waals surface area contributed by atoms with Gasteiger partial charge in [-0.3, -0.25) is 19.5 Å². The van der Waals surface area contributed by atoms with Gasteiger partial charge < -0.3 is 25.4 Å². The topological polar surface area (TPSA) is 110 Å². The van der Waals surface area contributed by atoms with E-state index in [1.54, 1.807) is 49.8 Å². The Labute approximate surface area is 198 Å². The Morgan fingerprint density at radius 3 is 2.41 bits per heavy atom. The highest BCUT2D eigenvalue weighted by atomic mass is 16.5. The zero-order valence-electron chi connectivity index (χ0n) is 18.9. The average Bonchev–Trinajstić information content (AvgIpc) is 2.86. The zero-order chi connectivity index (χ0) is 23.9. The number of nitrogens with two attached hydrogens (primary N) is 1. The van der Waals surface area contributed by atoms with Crippen LogP contribution in [0.15, 0.2) is 73.1 Å². The van der Waals surface area contributed by atoms with Gasteiger partial charge in [-0.15, -0.1) is 0 Å². The van der Waals surface area contributed by atoms with Gasteiger partial charge in [-0.2, -0.15) is 0 Å². The second-order valence-corrected chi connectivity index (χ2v) is 7.90. The zero-order valence-corrected chi connectivity index (χ0v) is 18.9. The van der Waals surface area contributed by atoms with E-state index in [0.717, 1.165) is 11.4 Å². The maximum Gasteiger partial charge on any atom is 0.238 e.